The van der Waals surface area contributed by atoms with Crippen LogP contribution >= 0.6 is 0 Å². The van der Waals surface area contributed by atoms with Crippen LogP contribution in [0, 0.1) is 0 Å². The molecule has 0 radical (unpaired) electrons. The molecule has 21 heavy (non-hydrogen) atoms. The standard InChI is InChI=1S/C16H22O5/c1-10-12(18-9-11-7-5-4-6-8-11)13-14(15(17)19-10)21-16(2,3)20-13/h4-8,10,12-15,17H,9H2,1-3H3/t10-,12+,13?,14?,15?/m1/s1. The summed E-state index contributed by atoms with van der Waals surface area (Å²) in [5, 5.41) is 10.0. The van der Waals surface area contributed by atoms with Crippen molar-refractivity contribution >= 4 is 0 Å². The number of hydrogen-bond acceptors (Lipinski definition) is 5. The Bertz CT molecular complexity index is 475. The van der Waals surface area contributed by atoms with E-state index in [-0.39, 0.29) is 18.3 Å². The van der Waals surface area contributed by atoms with Crippen LogP contribution in [0.3, 0.4) is 0 Å². The van der Waals surface area contributed by atoms with E-state index in [1.165, 1.54) is 0 Å². The molecule has 1 aromatic rings. The van der Waals surface area contributed by atoms with Crippen molar-refractivity contribution in [2.75, 3.05) is 0 Å². The minimum atomic E-state index is -0.983. The first-order chi connectivity index (χ1) is 9.96. The molecule has 0 amide bonds. The summed E-state index contributed by atoms with van der Waals surface area (Å²) in [6.45, 7) is 6.01. The summed E-state index contributed by atoms with van der Waals surface area (Å²) in [7, 11) is 0. The van der Waals surface area contributed by atoms with Crippen molar-refractivity contribution in [1.29, 1.82) is 0 Å². The van der Waals surface area contributed by atoms with Crippen LogP contribution < -0.4 is 0 Å². The van der Waals surface area contributed by atoms with Gasteiger partial charge in [-0.05, 0) is 26.3 Å². The summed E-state index contributed by atoms with van der Waals surface area (Å²) in [6, 6.07) is 9.95. The molecule has 2 fully saturated rings. The monoisotopic (exact) mass is 294 g/mol. The van der Waals surface area contributed by atoms with Gasteiger partial charge in [0.25, 0.3) is 0 Å². The van der Waals surface area contributed by atoms with Gasteiger partial charge in [-0.2, -0.15) is 0 Å². The van der Waals surface area contributed by atoms with Crippen LogP contribution in [-0.4, -0.2) is 41.6 Å². The number of rotatable bonds is 3. The first kappa shape index (κ1) is 14.9. The normalized spacial score (nSPS) is 38.2. The van der Waals surface area contributed by atoms with E-state index in [0.717, 1.165) is 5.56 Å². The van der Waals surface area contributed by atoms with Gasteiger partial charge < -0.3 is 24.1 Å². The van der Waals surface area contributed by atoms with Gasteiger partial charge >= 0.3 is 0 Å². The molecule has 5 heteroatoms. The van der Waals surface area contributed by atoms with Crippen LogP contribution in [0.5, 0.6) is 0 Å². The molecule has 0 aromatic heterocycles. The SMILES string of the molecule is C[C@H]1OC(O)C2OC(C)(C)OC2[C@H]1OCc1ccccc1. The molecule has 3 unspecified atom stereocenters. The van der Waals surface area contributed by atoms with Crippen molar-refractivity contribution in [1.82, 2.24) is 0 Å². The lowest BCUT2D eigenvalue weighted by atomic mass is 10.00. The fourth-order valence-corrected chi connectivity index (χ4v) is 2.93. The third-order valence-electron chi connectivity index (χ3n) is 3.87. The molecule has 2 heterocycles. The molecular formula is C16H22O5. The molecule has 1 aromatic carbocycles. The number of benzene rings is 1. The van der Waals surface area contributed by atoms with Crippen molar-refractivity contribution in [3.05, 3.63) is 35.9 Å². The summed E-state index contributed by atoms with van der Waals surface area (Å²) >= 11 is 0. The molecule has 0 bridgehead atoms. The Balaban J connectivity index is 1.71. The lowest BCUT2D eigenvalue weighted by molar-refractivity contribution is -0.262. The number of fused-ring (bicyclic) bond motifs is 1. The zero-order valence-corrected chi connectivity index (χ0v) is 12.6. The topological polar surface area (TPSA) is 57.2 Å². The Morgan fingerprint density at radius 3 is 2.52 bits per heavy atom. The average Bonchev–Trinajstić information content (AvgIpc) is 2.76. The third-order valence-corrected chi connectivity index (χ3v) is 3.87. The molecule has 116 valence electrons. The minimum Gasteiger partial charge on any atom is -0.368 e. The maximum Gasteiger partial charge on any atom is 0.184 e. The van der Waals surface area contributed by atoms with Crippen molar-refractivity contribution in [2.24, 2.45) is 0 Å². The molecule has 0 spiro atoms. The fourth-order valence-electron chi connectivity index (χ4n) is 2.93. The highest BCUT2D eigenvalue weighted by atomic mass is 16.8. The van der Waals surface area contributed by atoms with Gasteiger partial charge in [-0.1, -0.05) is 30.3 Å². The lowest BCUT2D eigenvalue weighted by Crippen LogP contribution is -2.56. The Hall–Kier alpha value is -0.980. The summed E-state index contributed by atoms with van der Waals surface area (Å²) < 4.78 is 23.1. The molecule has 2 aliphatic heterocycles. The second-order valence-corrected chi connectivity index (χ2v) is 6.06. The first-order valence-corrected chi connectivity index (χ1v) is 7.31. The Morgan fingerprint density at radius 2 is 1.81 bits per heavy atom. The van der Waals surface area contributed by atoms with Crippen LogP contribution in [-0.2, 0) is 25.6 Å². The maximum absolute atomic E-state index is 10.0. The largest absolute Gasteiger partial charge is 0.368 e. The van der Waals surface area contributed by atoms with Crippen LogP contribution in [0.2, 0.25) is 0 Å². The summed E-state index contributed by atoms with van der Waals surface area (Å²) in [4.78, 5) is 0. The molecule has 0 aliphatic carbocycles. The van der Waals surface area contributed by atoms with Crippen LogP contribution in [0.25, 0.3) is 0 Å². The molecule has 3 rings (SSSR count). The van der Waals surface area contributed by atoms with Gasteiger partial charge in [0.2, 0.25) is 0 Å². The van der Waals surface area contributed by atoms with E-state index in [4.69, 9.17) is 18.9 Å². The van der Waals surface area contributed by atoms with Crippen LogP contribution in [0.15, 0.2) is 30.3 Å². The quantitative estimate of drug-likeness (QED) is 0.921. The Kier molecular flexibility index (Phi) is 4.03. The van der Waals surface area contributed by atoms with E-state index in [1.807, 2.05) is 51.1 Å². The van der Waals surface area contributed by atoms with Crippen molar-refractivity contribution in [3.63, 3.8) is 0 Å². The number of aliphatic hydroxyl groups excluding tert-OH is 1. The third kappa shape index (κ3) is 3.12. The van der Waals surface area contributed by atoms with Gasteiger partial charge in [-0.3, -0.25) is 0 Å². The van der Waals surface area contributed by atoms with E-state index in [0.29, 0.717) is 6.61 Å². The smallest absolute Gasteiger partial charge is 0.184 e. The van der Waals surface area contributed by atoms with Gasteiger partial charge in [-0.25, -0.2) is 0 Å². The van der Waals surface area contributed by atoms with Crippen molar-refractivity contribution < 1.29 is 24.1 Å². The molecule has 0 saturated carbocycles. The van der Waals surface area contributed by atoms with Crippen molar-refractivity contribution in [2.45, 2.75) is 63.9 Å². The molecule has 5 atom stereocenters. The zero-order chi connectivity index (χ0) is 15.0. The highest BCUT2D eigenvalue weighted by Gasteiger charge is 2.54. The highest BCUT2D eigenvalue weighted by Crippen LogP contribution is 2.38. The van der Waals surface area contributed by atoms with Gasteiger partial charge in [-0.15, -0.1) is 0 Å². The van der Waals surface area contributed by atoms with E-state index in [9.17, 15) is 5.11 Å². The molecular weight excluding hydrogens is 272 g/mol. The van der Waals surface area contributed by atoms with Gasteiger partial charge in [0.1, 0.15) is 18.3 Å². The number of aliphatic hydroxyl groups is 1. The lowest BCUT2D eigenvalue weighted by Gasteiger charge is -2.38. The fraction of sp³-hybridized carbons (Fsp3) is 0.625. The summed E-state index contributed by atoms with van der Waals surface area (Å²) in [6.07, 6.45) is -2.37. The average molecular weight is 294 g/mol. The molecule has 2 aliphatic rings. The first-order valence-electron chi connectivity index (χ1n) is 7.31. The second-order valence-electron chi connectivity index (χ2n) is 6.06. The van der Waals surface area contributed by atoms with Crippen molar-refractivity contribution in [3.8, 4) is 0 Å². The molecule has 2 saturated heterocycles. The number of ether oxygens (including phenoxy) is 4. The summed E-state index contributed by atoms with van der Waals surface area (Å²) in [5.41, 5.74) is 1.09. The van der Waals surface area contributed by atoms with Gasteiger partial charge in [0.05, 0.1) is 12.7 Å². The second kappa shape index (κ2) is 5.66. The van der Waals surface area contributed by atoms with E-state index >= 15 is 0 Å². The van der Waals surface area contributed by atoms with E-state index in [1.54, 1.807) is 0 Å². The Morgan fingerprint density at radius 1 is 1.14 bits per heavy atom. The van der Waals surface area contributed by atoms with Crippen LogP contribution in [0.4, 0.5) is 0 Å². The van der Waals surface area contributed by atoms with E-state index in [2.05, 4.69) is 0 Å². The van der Waals surface area contributed by atoms with E-state index < -0.39 is 18.2 Å². The highest BCUT2D eigenvalue weighted by molar-refractivity contribution is 5.13. The predicted molar refractivity (Wildman–Crippen MR) is 75.4 cm³/mol. The minimum absolute atomic E-state index is 0.262. The summed E-state index contributed by atoms with van der Waals surface area (Å²) in [5.74, 6) is -0.738. The van der Waals surface area contributed by atoms with Crippen LogP contribution in [0.1, 0.15) is 26.3 Å². The molecule has 5 nitrogen and oxygen atoms in total. The Labute approximate surface area is 124 Å². The zero-order valence-electron chi connectivity index (χ0n) is 12.6. The van der Waals surface area contributed by atoms with Gasteiger partial charge in [0, 0.05) is 0 Å². The molecule has 1 N–H and O–H groups in total. The van der Waals surface area contributed by atoms with Gasteiger partial charge in [0.15, 0.2) is 12.1 Å². The maximum atomic E-state index is 10.0. The number of hydrogen-bond donors (Lipinski definition) is 1. The predicted octanol–water partition coefficient (Wildman–Crippen LogP) is 1.83.